The third-order valence-electron chi connectivity index (χ3n) is 4.17. The van der Waals surface area contributed by atoms with Crippen LogP contribution < -0.4 is 5.43 Å². The molecule has 0 radical (unpaired) electrons. The van der Waals surface area contributed by atoms with Crippen LogP contribution in [-0.4, -0.2) is 21.7 Å². The molecule has 2 aromatic heterocycles. The number of aryl methyl sites for hydroxylation is 1. The van der Waals surface area contributed by atoms with E-state index in [1.807, 2.05) is 0 Å². The molecule has 1 aromatic carbocycles. The summed E-state index contributed by atoms with van der Waals surface area (Å²) in [5.41, 5.74) is 4.43. The molecule has 0 spiro atoms. The Morgan fingerprint density at radius 1 is 1.14 bits per heavy atom. The largest absolute Gasteiger partial charge is 0.416 e. The zero-order chi connectivity index (χ0) is 20.3. The average molecular weight is 386 g/mol. The van der Waals surface area contributed by atoms with Crippen molar-refractivity contribution in [2.24, 2.45) is 5.10 Å². The number of carbonyl (C=O) groups excluding carboxylic acids is 1. The van der Waals surface area contributed by atoms with Crippen molar-refractivity contribution in [1.29, 1.82) is 0 Å². The van der Waals surface area contributed by atoms with Gasteiger partial charge in [0, 0.05) is 28.8 Å². The number of benzene rings is 1. The van der Waals surface area contributed by atoms with Crippen LogP contribution in [0.25, 0.3) is 5.69 Å². The molecule has 1 amide bonds. The summed E-state index contributed by atoms with van der Waals surface area (Å²) in [6.07, 6.45) is -1.46. The highest BCUT2D eigenvalue weighted by molar-refractivity contribution is 5.93. The van der Waals surface area contributed by atoms with Crippen molar-refractivity contribution >= 4 is 12.1 Å². The first-order valence-corrected chi connectivity index (χ1v) is 8.38. The fourth-order valence-corrected chi connectivity index (χ4v) is 2.85. The second kappa shape index (κ2) is 7.67. The Morgan fingerprint density at radius 2 is 1.93 bits per heavy atom. The van der Waals surface area contributed by atoms with Crippen molar-refractivity contribution < 1.29 is 18.0 Å². The first kappa shape index (κ1) is 19.3. The van der Waals surface area contributed by atoms with Gasteiger partial charge < -0.3 is 4.57 Å². The first-order chi connectivity index (χ1) is 13.3. The molecule has 1 N–H and O–H groups in total. The van der Waals surface area contributed by atoms with E-state index in [2.05, 4.69) is 15.5 Å². The molecule has 0 aliphatic heterocycles. The quantitative estimate of drug-likeness (QED) is 0.538. The van der Waals surface area contributed by atoms with E-state index in [4.69, 9.17) is 0 Å². The third kappa shape index (κ3) is 4.11. The fourth-order valence-electron chi connectivity index (χ4n) is 2.85. The van der Waals surface area contributed by atoms with E-state index in [-0.39, 0.29) is 5.69 Å². The predicted molar refractivity (Wildman–Crippen MR) is 99.5 cm³/mol. The summed E-state index contributed by atoms with van der Waals surface area (Å²) in [6, 6.07) is 11.8. The van der Waals surface area contributed by atoms with Crippen LogP contribution in [0.1, 0.15) is 33.0 Å². The molecule has 3 rings (SSSR count). The van der Waals surface area contributed by atoms with E-state index < -0.39 is 17.6 Å². The highest BCUT2D eigenvalue weighted by Crippen LogP contribution is 2.31. The number of hydrogen-bond acceptors (Lipinski definition) is 3. The summed E-state index contributed by atoms with van der Waals surface area (Å²) < 4.78 is 40.7. The Bertz CT molecular complexity index is 1020. The maximum atomic E-state index is 13.0. The van der Waals surface area contributed by atoms with Crippen LogP contribution in [0.2, 0.25) is 0 Å². The zero-order valence-corrected chi connectivity index (χ0v) is 15.2. The van der Waals surface area contributed by atoms with Crippen LogP contribution in [0.4, 0.5) is 13.2 Å². The Morgan fingerprint density at radius 3 is 2.61 bits per heavy atom. The number of amides is 1. The van der Waals surface area contributed by atoms with Crippen LogP contribution in [0.15, 0.2) is 59.8 Å². The van der Waals surface area contributed by atoms with E-state index >= 15 is 0 Å². The molecule has 5 nitrogen and oxygen atoms in total. The van der Waals surface area contributed by atoms with Gasteiger partial charge in [-0.3, -0.25) is 9.78 Å². The number of nitrogens with one attached hydrogen (secondary N) is 1. The minimum Gasteiger partial charge on any atom is -0.318 e. The first-order valence-electron chi connectivity index (χ1n) is 8.38. The summed E-state index contributed by atoms with van der Waals surface area (Å²) in [7, 11) is 0. The molecule has 0 fully saturated rings. The van der Waals surface area contributed by atoms with Gasteiger partial charge in [0.2, 0.25) is 0 Å². The average Bonchev–Trinajstić information content (AvgIpc) is 2.95. The SMILES string of the molecule is Cc1cc(/C=N\NC(=O)c2ccccn2)c(C)n1-c1cccc(C(F)(F)F)c1. The van der Waals surface area contributed by atoms with Gasteiger partial charge in [0.15, 0.2) is 0 Å². The van der Waals surface area contributed by atoms with Crippen LogP contribution in [0.3, 0.4) is 0 Å². The number of aromatic nitrogens is 2. The van der Waals surface area contributed by atoms with Gasteiger partial charge in [-0.15, -0.1) is 0 Å². The van der Waals surface area contributed by atoms with E-state index in [9.17, 15) is 18.0 Å². The molecule has 0 saturated carbocycles. The number of alkyl halides is 3. The Labute approximate surface area is 159 Å². The van der Waals surface area contributed by atoms with Crippen molar-refractivity contribution in [3.05, 3.63) is 82.9 Å². The number of carbonyl (C=O) groups is 1. The van der Waals surface area contributed by atoms with Gasteiger partial charge in [0.25, 0.3) is 5.91 Å². The van der Waals surface area contributed by atoms with E-state index in [1.54, 1.807) is 48.7 Å². The van der Waals surface area contributed by atoms with Crippen LogP contribution in [0, 0.1) is 13.8 Å². The summed E-state index contributed by atoms with van der Waals surface area (Å²) in [6.45, 7) is 3.56. The predicted octanol–water partition coefficient (Wildman–Crippen LogP) is 4.27. The van der Waals surface area contributed by atoms with Gasteiger partial charge in [-0.25, -0.2) is 5.43 Å². The van der Waals surface area contributed by atoms with Gasteiger partial charge in [0.1, 0.15) is 5.69 Å². The van der Waals surface area contributed by atoms with Crippen molar-refractivity contribution in [2.45, 2.75) is 20.0 Å². The van der Waals surface area contributed by atoms with Crippen LogP contribution >= 0.6 is 0 Å². The maximum Gasteiger partial charge on any atom is 0.416 e. The summed E-state index contributed by atoms with van der Waals surface area (Å²) in [5.74, 6) is -0.455. The molecule has 144 valence electrons. The van der Waals surface area contributed by atoms with Crippen molar-refractivity contribution in [3.8, 4) is 5.69 Å². The van der Waals surface area contributed by atoms with Gasteiger partial charge in [-0.05, 0) is 50.2 Å². The normalized spacial score (nSPS) is 11.8. The number of nitrogens with zero attached hydrogens (tertiary/aromatic N) is 3. The number of hydrogen-bond donors (Lipinski definition) is 1. The molecule has 2 heterocycles. The number of hydrazone groups is 1. The number of pyridine rings is 1. The second-order valence-electron chi connectivity index (χ2n) is 6.12. The van der Waals surface area contributed by atoms with Crippen molar-refractivity contribution in [2.75, 3.05) is 0 Å². The van der Waals surface area contributed by atoms with Crippen LogP contribution in [0.5, 0.6) is 0 Å². The molecule has 0 bridgehead atoms. The van der Waals surface area contributed by atoms with Crippen molar-refractivity contribution in [1.82, 2.24) is 15.0 Å². The number of halogens is 3. The molecule has 0 atom stereocenters. The summed E-state index contributed by atoms with van der Waals surface area (Å²) >= 11 is 0. The standard InChI is InChI=1S/C20H17F3N4O/c1-13-10-15(12-25-26-19(28)18-8-3-4-9-24-18)14(2)27(13)17-7-5-6-16(11-17)20(21,22)23/h3-12H,1-2H3,(H,26,28)/b25-12-. The third-order valence-corrected chi connectivity index (χ3v) is 4.17. The highest BCUT2D eigenvalue weighted by Gasteiger charge is 2.30. The smallest absolute Gasteiger partial charge is 0.318 e. The summed E-state index contributed by atoms with van der Waals surface area (Å²) in [5, 5.41) is 3.93. The molecule has 28 heavy (non-hydrogen) atoms. The maximum absolute atomic E-state index is 13.0. The van der Waals surface area contributed by atoms with E-state index in [0.29, 0.717) is 16.9 Å². The molecule has 3 aromatic rings. The molecule has 0 unspecified atom stereocenters. The molecular weight excluding hydrogens is 369 g/mol. The van der Waals surface area contributed by atoms with Crippen LogP contribution in [-0.2, 0) is 6.18 Å². The lowest BCUT2D eigenvalue weighted by atomic mass is 10.2. The Kier molecular flexibility index (Phi) is 5.30. The molecule has 0 aliphatic carbocycles. The van der Waals surface area contributed by atoms with Gasteiger partial charge in [-0.2, -0.15) is 18.3 Å². The lowest BCUT2D eigenvalue weighted by molar-refractivity contribution is -0.137. The van der Waals surface area contributed by atoms with Gasteiger partial charge in [-0.1, -0.05) is 12.1 Å². The minimum atomic E-state index is -4.41. The topological polar surface area (TPSA) is 59.3 Å². The lowest BCUT2D eigenvalue weighted by Gasteiger charge is -2.13. The molecule has 8 heteroatoms. The number of rotatable bonds is 4. The van der Waals surface area contributed by atoms with Crippen molar-refractivity contribution in [3.63, 3.8) is 0 Å². The Balaban J connectivity index is 1.84. The second-order valence-corrected chi connectivity index (χ2v) is 6.12. The molecule has 0 saturated heterocycles. The lowest BCUT2D eigenvalue weighted by Crippen LogP contribution is -2.18. The zero-order valence-electron chi connectivity index (χ0n) is 15.2. The minimum absolute atomic E-state index is 0.231. The summed E-state index contributed by atoms with van der Waals surface area (Å²) in [4.78, 5) is 15.9. The van der Waals surface area contributed by atoms with E-state index in [1.165, 1.54) is 18.5 Å². The fraction of sp³-hybridized carbons (Fsp3) is 0.150. The molecular formula is C20H17F3N4O. The van der Waals surface area contributed by atoms with Gasteiger partial charge in [0.05, 0.1) is 11.8 Å². The molecule has 0 aliphatic rings. The van der Waals surface area contributed by atoms with Gasteiger partial charge >= 0.3 is 6.18 Å². The van der Waals surface area contributed by atoms with E-state index in [0.717, 1.165) is 17.8 Å². The highest BCUT2D eigenvalue weighted by atomic mass is 19.4. The Hall–Kier alpha value is -3.42. The monoisotopic (exact) mass is 386 g/mol.